The molecule has 0 bridgehead atoms. The Labute approximate surface area is 229 Å². The molecule has 4 aromatic rings. The molecule has 3 N–H and O–H groups in total. The molecule has 16 heteroatoms. The zero-order chi connectivity index (χ0) is 28.9. The van der Waals surface area contributed by atoms with E-state index in [9.17, 15) is 22.0 Å². The van der Waals surface area contributed by atoms with Gasteiger partial charge < -0.3 is 15.8 Å². The van der Waals surface area contributed by atoms with Crippen LogP contribution in [0, 0.1) is 11.8 Å². The molecule has 0 aliphatic carbocycles. The van der Waals surface area contributed by atoms with Crippen molar-refractivity contribution in [3.8, 4) is 29.1 Å². The van der Waals surface area contributed by atoms with Crippen molar-refractivity contribution < 1.29 is 26.7 Å². The minimum Gasteiger partial charge on any atom is -0.477 e. The van der Waals surface area contributed by atoms with Gasteiger partial charge in [0.15, 0.2) is 5.82 Å². The second-order valence-corrected chi connectivity index (χ2v) is 8.80. The number of halogens is 6. The van der Waals surface area contributed by atoms with Crippen molar-refractivity contribution >= 4 is 23.1 Å². The lowest BCUT2D eigenvalue weighted by Crippen LogP contribution is -2.22. The van der Waals surface area contributed by atoms with Gasteiger partial charge in [0.2, 0.25) is 5.88 Å². The van der Waals surface area contributed by atoms with Gasteiger partial charge in [-0.15, -0.1) is 0 Å². The lowest BCUT2D eigenvalue weighted by Gasteiger charge is -2.18. The van der Waals surface area contributed by atoms with Gasteiger partial charge in [0, 0.05) is 31.1 Å². The van der Waals surface area contributed by atoms with Crippen LogP contribution in [0.1, 0.15) is 31.0 Å². The van der Waals surface area contributed by atoms with Crippen LogP contribution in [0.2, 0.25) is 5.15 Å². The average molecular weight is 582 g/mol. The van der Waals surface area contributed by atoms with Crippen molar-refractivity contribution in [2.24, 2.45) is 0 Å². The number of hydrogen-bond acceptors (Lipinski definition) is 8. The molecular formula is C24H21ClF5N9O. The number of nitrogen functional groups attached to an aromatic ring is 1. The van der Waals surface area contributed by atoms with E-state index in [0.717, 1.165) is 6.20 Å². The quantitative estimate of drug-likeness (QED) is 0.164. The number of hydrogen-bond donors (Lipinski definition) is 2. The molecule has 0 saturated carbocycles. The van der Waals surface area contributed by atoms with Gasteiger partial charge in [-0.25, -0.2) is 24.3 Å². The predicted molar refractivity (Wildman–Crippen MR) is 136 cm³/mol. The van der Waals surface area contributed by atoms with Crippen LogP contribution < -0.4 is 15.8 Å². The average Bonchev–Trinajstić information content (AvgIpc) is 3.50. The SMILES string of the molecule is C[C@@H](CCOc1c(-c2nccc(N)n2)cnn1CC(F)(F)F)Nc1cc(Cl)ncc1C#Cc1cnn(C(F)F)c1. The zero-order valence-corrected chi connectivity index (χ0v) is 21.5. The summed E-state index contributed by atoms with van der Waals surface area (Å²) >= 11 is 6.04. The number of rotatable bonds is 9. The topological polar surface area (TPSA) is 122 Å². The van der Waals surface area contributed by atoms with Crippen molar-refractivity contribution in [2.45, 2.75) is 38.7 Å². The number of nitrogens with one attached hydrogen (secondary N) is 1. The van der Waals surface area contributed by atoms with Crippen molar-refractivity contribution in [3.63, 3.8) is 0 Å². The molecule has 0 aliphatic heterocycles. The van der Waals surface area contributed by atoms with Crippen LogP contribution in [-0.2, 0) is 6.54 Å². The maximum absolute atomic E-state index is 13.1. The molecule has 10 nitrogen and oxygen atoms in total. The van der Waals surface area contributed by atoms with Gasteiger partial charge in [0.1, 0.15) is 23.1 Å². The largest absolute Gasteiger partial charge is 0.477 e. The highest BCUT2D eigenvalue weighted by Gasteiger charge is 2.31. The monoisotopic (exact) mass is 581 g/mol. The molecule has 4 rings (SSSR count). The molecule has 40 heavy (non-hydrogen) atoms. The first-order valence-corrected chi connectivity index (χ1v) is 12.0. The molecule has 0 fully saturated rings. The zero-order valence-electron chi connectivity index (χ0n) is 20.7. The first-order chi connectivity index (χ1) is 19.0. The molecule has 0 unspecified atom stereocenters. The van der Waals surface area contributed by atoms with Crippen molar-refractivity contribution in [1.29, 1.82) is 0 Å². The summed E-state index contributed by atoms with van der Waals surface area (Å²) < 4.78 is 71.8. The minimum atomic E-state index is -4.54. The Bertz CT molecular complexity index is 1530. The second kappa shape index (κ2) is 12.2. The van der Waals surface area contributed by atoms with E-state index in [4.69, 9.17) is 22.1 Å². The van der Waals surface area contributed by atoms with Gasteiger partial charge in [0.25, 0.3) is 0 Å². The fraction of sp³-hybridized carbons (Fsp3) is 0.292. The molecule has 1 atom stereocenters. The molecule has 4 heterocycles. The molecule has 0 aliphatic rings. The summed E-state index contributed by atoms with van der Waals surface area (Å²) in [4.78, 5) is 12.1. The van der Waals surface area contributed by atoms with Crippen LogP contribution >= 0.6 is 11.6 Å². The molecular weight excluding hydrogens is 561 g/mol. The number of ether oxygens (including phenoxy) is 1. The molecule has 4 aromatic heterocycles. The fourth-order valence-electron chi connectivity index (χ4n) is 3.43. The number of nitrogens with zero attached hydrogens (tertiary/aromatic N) is 7. The van der Waals surface area contributed by atoms with Crippen LogP contribution in [0.3, 0.4) is 0 Å². The van der Waals surface area contributed by atoms with E-state index < -0.39 is 19.3 Å². The van der Waals surface area contributed by atoms with E-state index >= 15 is 0 Å². The Balaban J connectivity index is 1.46. The van der Waals surface area contributed by atoms with E-state index in [1.165, 1.54) is 30.9 Å². The standard InChI is InChI=1S/C24H21ClF5N9O/c1-14(36-18-8-19(25)33-10-16(18)3-2-15-9-34-38(12-15)23(26)27)5-7-40-22-17(21-32-6-4-20(31)37-21)11-35-39(22)13-24(28,29)30/h4,6,8-12,14,23H,5,7,13H2,1H3,(H,33,36)(H2,31,32,37)/t14-/m0/s1. The first kappa shape index (κ1) is 28.6. The van der Waals surface area contributed by atoms with E-state index in [0.29, 0.717) is 27.0 Å². The predicted octanol–water partition coefficient (Wildman–Crippen LogP) is 4.79. The van der Waals surface area contributed by atoms with E-state index in [-0.39, 0.29) is 46.5 Å². The molecule has 0 saturated heterocycles. The lowest BCUT2D eigenvalue weighted by atomic mass is 10.2. The number of pyridine rings is 1. The third kappa shape index (κ3) is 7.56. The van der Waals surface area contributed by atoms with Gasteiger partial charge in [0.05, 0.1) is 35.8 Å². The summed E-state index contributed by atoms with van der Waals surface area (Å²) in [6.45, 7) is -2.34. The molecule has 0 aromatic carbocycles. The highest BCUT2D eigenvalue weighted by Crippen LogP contribution is 2.30. The lowest BCUT2D eigenvalue weighted by molar-refractivity contribution is -0.143. The van der Waals surface area contributed by atoms with Crippen molar-refractivity contribution in [3.05, 3.63) is 59.4 Å². The summed E-state index contributed by atoms with van der Waals surface area (Å²) in [6, 6.07) is 2.71. The Hall–Kier alpha value is -4.45. The fourth-order valence-corrected chi connectivity index (χ4v) is 3.59. The van der Waals surface area contributed by atoms with Crippen LogP contribution in [0.4, 0.5) is 33.5 Å². The number of aromatic nitrogens is 7. The van der Waals surface area contributed by atoms with Crippen molar-refractivity contribution in [1.82, 2.24) is 34.5 Å². The highest BCUT2D eigenvalue weighted by molar-refractivity contribution is 6.29. The maximum atomic E-state index is 13.1. The van der Waals surface area contributed by atoms with Gasteiger partial charge in [-0.2, -0.15) is 32.1 Å². The van der Waals surface area contributed by atoms with Gasteiger partial charge in [-0.05, 0) is 19.1 Å². The summed E-state index contributed by atoms with van der Waals surface area (Å²) in [6.07, 6.45) is 2.10. The van der Waals surface area contributed by atoms with E-state index in [1.54, 1.807) is 6.07 Å². The van der Waals surface area contributed by atoms with Crippen LogP contribution in [0.5, 0.6) is 5.88 Å². The normalized spacial score (nSPS) is 12.2. The van der Waals surface area contributed by atoms with E-state index in [1.807, 2.05) is 6.92 Å². The summed E-state index contributed by atoms with van der Waals surface area (Å²) in [5.41, 5.74) is 7.07. The number of alkyl halides is 5. The molecule has 0 spiro atoms. The van der Waals surface area contributed by atoms with Gasteiger partial charge in [-0.1, -0.05) is 23.4 Å². The second-order valence-electron chi connectivity index (χ2n) is 8.41. The Morgan fingerprint density at radius 1 is 1.15 bits per heavy atom. The smallest absolute Gasteiger partial charge is 0.408 e. The Morgan fingerprint density at radius 3 is 2.65 bits per heavy atom. The molecule has 0 amide bonds. The molecule has 210 valence electrons. The van der Waals surface area contributed by atoms with Crippen LogP contribution in [0.25, 0.3) is 11.4 Å². The first-order valence-electron chi connectivity index (χ1n) is 11.6. The summed E-state index contributed by atoms with van der Waals surface area (Å²) in [7, 11) is 0. The third-order valence-corrected chi connectivity index (χ3v) is 5.45. The highest BCUT2D eigenvalue weighted by atomic mass is 35.5. The van der Waals surface area contributed by atoms with Crippen LogP contribution in [-0.4, -0.2) is 53.3 Å². The summed E-state index contributed by atoms with van der Waals surface area (Å²) in [5, 5.41) is 10.7. The Kier molecular flexibility index (Phi) is 8.68. The maximum Gasteiger partial charge on any atom is 0.408 e. The summed E-state index contributed by atoms with van der Waals surface area (Å²) in [5.74, 6) is 5.64. The number of anilines is 2. The van der Waals surface area contributed by atoms with E-state index in [2.05, 4.69) is 42.3 Å². The number of nitrogens with two attached hydrogens (primary N) is 1. The minimum absolute atomic E-state index is 0.000324. The van der Waals surface area contributed by atoms with Gasteiger partial charge in [-0.3, -0.25) is 0 Å². The van der Waals surface area contributed by atoms with Crippen molar-refractivity contribution in [2.75, 3.05) is 17.7 Å². The Morgan fingerprint density at radius 2 is 1.95 bits per heavy atom. The third-order valence-electron chi connectivity index (χ3n) is 5.24. The van der Waals surface area contributed by atoms with Gasteiger partial charge >= 0.3 is 12.7 Å². The molecule has 0 radical (unpaired) electrons. The van der Waals surface area contributed by atoms with Crippen LogP contribution in [0.15, 0.2) is 43.1 Å².